The maximum absolute atomic E-state index is 11.5. The number of halogens is 2. The molecule has 0 aromatic heterocycles. The number of hydrogen-bond donors (Lipinski definition) is 2. The van der Waals surface area contributed by atoms with E-state index in [9.17, 15) is 5.11 Å². The van der Waals surface area contributed by atoms with Gasteiger partial charge in [-0.05, 0) is 112 Å². The Morgan fingerprint density at radius 2 is 1.63 bits per heavy atom. The van der Waals surface area contributed by atoms with Crippen LogP contribution in [0.15, 0.2) is 39.3 Å². The highest BCUT2D eigenvalue weighted by Crippen LogP contribution is 2.62. The Kier molecular flexibility index (Phi) is 6.83. The molecule has 2 aromatic rings. The van der Waals surface area contributed by atoms with Crippen molar-refractivity contribution in [3.05, 3.63) is 61.5 Å². The molecule has 5 aliphatic rings. The fourth-order valence-electron chi connectivity index (χ4n) is 8.48. The van der Waals surface area contributed by atoms with Crippen molar-refractivity contribution in [2.45, 2.75) is 82.8 Å². The second-order valence-electron chi connectivity index (χ2n) is 12.2. The molecule has 1 saturated heterocycles. The van der Waals surface area contributed by atoms with Gasteiger partial charge in [0.05, 0.1) is 0 Å². The van der Waals surface area contributed by atoms with E-state index in [1.54, 1.807) is 0 Å². The average Bonchev–Trinajstić information content (AvgIpc) is 3.21. The van der Waals surface area contributed by atoms with Gasteiger partial charge in [0.2, 0.25) is 0 Å². The van der Waals surface area contributed by atoms with Gasteiger partial charge in [-0.25, -0.2) is 0 Å². The topological polar surface area (TPSA) is 35.5 Å². The third kappa shape index (κ3) is 5.00. The van der Waals surface area contributed by atoms with Gasteiger partial charge < -0.3 is 10.4 Å². The molecule has 1 aliphatic heterocycles. The van der Waals surface area contributed by atoms with Crippen molar-refractivity contribution in [2.75, 3.05) is 13.1 Å². The lowest BCUT2D eigenvalue weighted by atomic mass is 9.48. The Labute approximate surface area is 227 Å². The number of nitrogens with zero attached hydrogens (tertiary/aromatic N) is 1. The Morgan fingerprint density at radius 1 is 0.971 bits per heavy atom. The van der Waals surface area contributed by atoms with Crippen LogP contribution in [-0.4, -0.2) is 29.1 Å². The van der Waals surface area contributed by atoms with Gasteiger partial charge in [0, 0.05) is 45.7 Å². The van der Waals surface area contributed by atoms with Crippen molar-refractivity contribution in [1.82, 2.24) is 10.2 Å². The number of aryl methyl sites for hydroxylation is 1. The molecule has 5 heteroatoms. The van der Waals surface area contributed by atoms with Crippen molar-refractivity contribution in [1.29, 1.82) is 0 Å². The second-order valence-corrected chi connectivity index (χ2v) is 14.0. The van der Waals surface area contributed by atoms with Crippen LogP contribution in [0.3, 0.4) is 0 Å². The maximum Gasteiger partial charge on any atom is 0.123 e. The molecule has 0 spiro atoms. The molecule has 1 unspecified atom stereocenters. The van der Waals surface area contributed by atoms with Crippen molar-refractivity contribution in [3.8, 4) is 5.75 Å². The second kappa shape index (κ2) is 9.78. The lowest BCUT2D eigenvalue weighted by molar-refractivity contribution is -0.00621. The van der Waals surface area contributed by atoms with Crippen LogP contribution in [0.25, 0.3) is 0 Å². The number of phenolic OH excluding ortho intramolecular Hbond substituents is 1. The Balaban J connectivity index is 1.13. The SMILES string of the molecule is Cc1cc(CNCC2CCCN2Cc2cc(Br)cc(Br)c2)c(O)c(C23CC4CC(CC(C4)C2)C3)c1. The van der Waals surface area contributed by atoms with Crippen LogP contribution in [0, 0.1) is 24.7 Å². The van der Waals surface area contributed by atoms with E-state index in [0.29, 0.717) is 11.8 Å². The smallest absolute Gasteiger partial charge is 0.123 e. The first-order chi connectivity index (χ1) is 16.9. The predicted octanol–water partition coefficient (Wildman–Crippen LogP) is 7.45. The molecule has 1 atom stereocenters. The summed E-state index contributed by atoms with van der Waals surface area (Å²) in [6.07, 6.45) is 10.7. The van der Waals surface area contributed by atoms with Gasteiger partial charge in [0.1, 0.15) is 5.75 Å². The van der Waals surface area contributed by atoms with E-state index in [-0.39, 0.29) is 5.41 Å². The summed E-state index contributed by atoms with van der Waals surface area (Å²) in [5, 5.41) is 15.2. The number of benzene rings is 2. The van der Waals surface area contributed by atoms with Gasteiger partial charge >= 0.3 is 0 Å². The van der Waals surface area contributed by atoms with E-state index in [0.717, 1.165) is 58.4 Å². The predicted molar refractivity (Wildman–Crippen MR) is 150 cm³/mol. The first kappa shape index (κ1) is 24.5. The Bertz CT molecular complexity index is 1040. The van der Waals surface area contributed by atoms with Crippen LogP contribution in [0.2, 0.25) is 0 Å². The van der Waals surface area contributed by atoms with E-state index >= 15 is 0 Å². The summed E-state index contributed by atoms with van der Waals surface area (Å²) in [6.45, 7) is 6.06. The van der Waals surface area contributed by atoms with Crippen LogP contribution >= 0.6 is 31.9 Å². The maximum atomic E-state index is 11.5. The molecular weight excluding hydrogens is 564 g/mol. The largest absolute Gasteiger partial charge is 0.507 e. The van der Waals surface area contributed by atoms with E-state index in [4.69, 9.17) is 0 Å². The van der Waals surface area contributed by atoms with Gasteiger partial charge in [0.15, 0.2) is 0 Å². The van der Waals surface area contributed by atoms with E-state index < -0.39 is 0 Å². The molecule has 7 rings (SSSR count). The van der Waals surface area contributed by atoms with Gasteiger partial charge in [0.25, 0.3) is 0 Å². The van der Waals surface area contributed by atoms with E-state index in [1.807, 2.05) is 0 Å². The summed E-state index contributed by atoms with van der Waals surface area (Å²) in [5.74, 6) is 3.26. The zero-order valence-corrected chi connectivity index (χ0v) is 24.0. The lowest BCUT2D eigenvalue weighted by Crippen LogP contribution is -2.48. The quantitative estimate of drug-likeness (QED) is 0.346. The molecule has 4 bridgehead atoms. The minimum Gasteiger partial charge on any atom is -0.507 e. The molecular formula is C30H38Br2N2O. The normalized spacial score (nSPS) is 32.0. The van der Waals surface area contributed by atoms with Gasteiger partial charge in [-0.15, -0.1) is 0 Å². The number of rotatable bonds is 7. The molecule has 2 N–H and O–H groups in total. The summed E-state index contributed by atoms with van der Waals surface area (Å²) in [7, 11) is 0. The van der Waals surface area contributed by atoms with Gasteiger partial charge in [-0.3, -0.25) is 4.90 Å². The number of phenols is 1. The molecule has 35 heavy (non-hydrogen) atoms. The highest BCUT2D eigenvalue weighted by atomic mass is 79.9. The van der Waals surface area contributed by atoms with Gasteiger partial charge in [-0.1, -0.05) is 49.6 Å². The Hall–Kier alpha value is -0.880. The fraction of sp³-hybridized carbons (Fsp3) is 0.600. The molecule has 188 valence electrons. The van der Waals surface area contributed by atoms with Crippen LogP contribution in [0.1, 0.15) is 73.6 Å². The Morgan fingerprint density at radius 3 is 2.29 bits per heavy atom. The fourth-order valence-corrected chi connectivity index (χ4v) is 9.87. The zero-order chi connectivity index (χ0) is 24.2. The standard InChI is InChI=1S/C30H38Br2N2O/c1-19-5-24(29(35)28(6-19)30-13-20-7-21(14-30)9-22(8-20)15-30)16-33-17-27-3-2-4-34(27)18-23-10-25(31)12-26(32)11-23/h5-6,10-12,20-22,27,33,35H,2-4,7-9,13-18H2,1H3. The van der Waals surface area contributed by atoms with Crippen molar-refractivity contribution < 1.29 is 5.11 Å². The minimum absolute atomic E-state index is 0.236. The highest BCUT2D eigenvalue weighted by molar-refractivity contribution is 9.11. The summed E-state index contributed by atoms with van der Waals surface area (Å²) in [4.78, 5) is 2.61. The zero-order valence-electron chi connectivity index (χ0n) is 20.8. The van der Waals surface area contributed by atoms with E-state index in [1.165, 1.54) is 68.1 Å². The van der Waals surface area contributed by atoms with Crippen molar-refractivity contribution >= 4 is 31.9 Å². The van der Waals surface area contributed by atoms with E-state index in [2.05, 4.69) is 79.3 Å². The summed E-state index contributed by atoms with van der Waals surface area (Å²) < 4.78 is 2.25. The first-order valence-electron chi connectivity index (χ1n) is 13.6. The molecule has 3 nitrogen and oxygen atoms in total. The molecule has 0 radical (unpaired) electrons. The van der Waals surface area contributed by atoms with Crippen LogP contribution in [-0.2, 0) is 18.5 Å². The summed E-state index contributed by atoms with van der Waals surface area (Å²) >= 11 is 7.26. The number of aromatic hydroxyl groups is 1. The highest BCUT2D eigenvalue weighted by Gasteiger charge is 2.52. The van der Waals surface area contributed by atoms with Crippen LogP contribution < -0.4 is 5.32 Å². The monoisotopic (exact) mass is 600 g/mol. The number of nitrogens with one attached hydrogen (secondary N) is 1. The number of hydrogen-bond acceptors (Lipinski definition) is 3. The third-order valence-corrected chi connectivity index (χ3v) is 10.4. The average molecular weight is 602 g/mol. The molecule has 5 fully saturated rings. The first-order valence-corrected chi connectivity index (χ1v) is 15.2. The van der Waals surface area contributed by atoms with Gasteiger partial charge in [-0.2, -0.15) is 0 Å². The lowest BCUT2D eigenvalue weighted by Gasteiger charge is -2.57. The minimum atomic E-state index is 0.236. The number of likely N-dealkylation sites (tertiary alicyclic amines) is 1. The summed E-state index contributed by atoms with van der Waals surface area (Å²) in [6, 6.07) is 11.6. The molecule has 1 heterocycles. The van der Waals surface area contributed by atoms with Crippen LogP contribution in [0.4, 0.5) is 0 Å². The molecule has 4 aliphatic carbocycles. The molecule has 0 amide bonds. The molecule has 2 aromatic carbocycles. The van der Waals surface area contributed by atoms with Crippen LogP contribution in [0.5, 0.6) is 5.75 Å². The third-order valence-electron chi connectivity index (χ3n) is 9.45. The molecule has 4 saturated carbocycles. The summed E-state index contributed by atoms with van der Waals surface area (Å²) in [5.41, 5.74) is 5.25. The van der Waals surface area contributed by atoms with Crippen molar-refractivity contribution in [2.24, 2.45) is 17.8 Å². The van der Waals surface area contributed by atoms with Crippen molar-refractivity contribution in [3.63, 3.8) is 0 Å².